The van der Waals surface area contributed by atoms with Gasteiger partial charge in [-0.15, -0.1) is 0 Å². The standard InChI is InChI=1S/C17H16ClFN2O3/c1-24-17(23)11-2-7-14(18)15(10-11)20-9-8-16(22)21-13-5-3-12(19)4-6-13/h2-7,10,20H,8-9H2,1H3,(H,21,22). The number of anilines is 2. The third-order valence-electron chi connectivity index (χ3n) is 3.18. The molecule has 0 aromatic heterocycles. The minimum absolute atomic E-state index is 0.177. The van der Waals surface area contributed by atoms with Crippen LogP contribution in [0.15, 0.2) is 42.5 Å². The van der Waals surface area contributed by atoms with Gasteiger partial charge in [0.1, 0.15) is 5.82 Å². The van der Waals surface area contributed by atoms with Crippen molar-refractivity contribution in [2.24, 2.45) is 0 Å². The van der Waals surface area contributed by atoms with E-state index >= 15 is 0 Å². The topological polar surface area (TPSA) is 67.4 Å². The van der Waals surface area contributed by atoms with Gasteiger partial charge >= 0.3 is 5.97 Å². The minimum atomic E-state index is -0.469. The summed E-state index contributed by atoms with van der Waals surface area (Å²) in [6, 6.07) is 10.2. The van der Waals surface area contributed by atoms with E-state index in [4.69, 9.17) is 11.6 Å². The monoisotopic (exact) mass is 350 g/mol. The first-order valence-corrected chi connectivity index (χ1v) is 7.54. The zero-order chi connectivity index (χ0) is 17.5. The van der Waals surface area contributed by atoms with Gasteiger partial charge in [0.2, 0.25) is 5.91 Å². The van der Waals surface area contributed by atoms with Crippen molar-refractivity contribution in [1.29, 1.82) is 0 Å². The molecule has 0 heterocycles. The Hall–Kier alpha value is -2.60. The number of hydrogen-bond donors (Lipinski definition) is 2. The number of rotatable bonds is 6. The molecule has 0 bridgehead atoms. The summed E-state index contributed by atoms with van der Waals surface area (Å²) in [5, 5.41) is 6.09. The van der Waals surface area contributed by atoms with Gasteiger partial charge in [0.25, 0.3) is 0 Å². The molecule has 0 fully saturated rings. The molecule has 5 nitrogen and oxygen atoms in total. The average molecular weight is 351 g/mol. The second-order valence-electron chi connectivity index (χ2n) is 4.92. The van der Waals surface area contributed by atoms with E-state index < -0.39 is 5.97 Å². The average Bonchev–Trinajstić information content (AvgIpc) is 2.58. The maximum Gasteiger partial charge on any atom is 0.337 e. The molecular weight excluding hydrogens is 335 g/mol. The summed E-state index contributed by atoms with van der Waals surface area (Å²) < 4.78 is 17.4. The van der Waals surface area contributed by atoms with Crippen LogP contribution < -0.4 is 10.6 Å². The fraction of sp³-hybridized carbons (Fsp3) is 0.176. The van der Waals surface area contributed by atoms with Gasteiger partial charge in [-0.3, -0.25) is 4.79 Å². The lowest BCUT2D eigenvalue weighted by Gasteiger charge is -2.10. The Bertz CT molecular complexity index is 735. The van der Waals surface area contributed by atoms with Crippen LogP contribution in [0.25, 0.3) is 0 Å². The van der Waals surface area contributed by atoms with Crippen LogP contribution >= 0.6 is 11.6 Å². The summed E-state index contributed by atoms with van der Waals surface area (Å²) in [5.41, 5.74) is 1.42. The van der Waals surface area contributed by atoms with Gasteiger partial charge in [-0.05, 0) is 42.5 Å². The van der Waals surface area contributed by atoms with Gasteiger partial charge < -0.3 is 15.4 Å². The molecule has 0 radical (unpaired) electrons. The van der Waals surface area contributed by atoms with Crippen LogP contribution in [0.5, 0.6) is 0 Å². The number of halogens is 2. The predicted octanol–water partition coefficient (Wildman–Crippen LogP) is 3.71. The largest absolute Gasteiger partial charge is 0.465 e. The number of esters is 1. The van der Waals surface area contributed by atoms with Crippen LogP contribution in [0.2, 0.25) is 5.02 Å². The number of nitrogens with one attached hydrogen (secondary N) is 2. The lowest BCUT2D eigenvalue weighted by Crippen LogP contribution is -2.16. The van der Waals surface area contributed by atoms with E-state index in [0.717, 1.165) is 0 Å². The molecule has 2 aromatic rings. The maximum absolute atomic E-state index is 12.8. The number of carbonyl (C=O) groups is 2. The van der Waals surface area contributed by atoms with Crippen LogP contribution in [0.1, 0.15) is 16.8 Å². The number of amides is 1. The highest BCUT2D eigenvalue weighted by Crippen LogP contribution is 2.23. The summed E-state index contributed by atoms with van der Waals surface area (Å²) in [5.74, 6) is -1.06. The first-order chi connectivity index (χ1) is 11.5. The lowest BCUT2D eigenvalue weighted by atomic mass is 10.2. The zero-order valence-corrected chi connectivity index (χ0v) is 13.7. The van der Waals surface area contributed by atoms with Crippen molar-refractivity contribution >= 4 is 34.9 Å². The fourth-order valence-corrected chi connectivity index (χ4v) is 2.16. The molecule has 2 aromatic carbocycles. The van der Waals surface area contributed by atoms with Gasteiger partial charge in [0.15, 0.2) is 0 Å². The van der Waals surface area contributed by atoms with Crippen LogP contribution in [0.4, 0.5) is 15.8 Å². The normalized spacial score (nSPS) is 10.1. The Morgan fingerprint density at radius 1 is 1.17 bits per heavy atom. The highest BCUT2D eigenvalue weighted by Gasteiger charge is 2.09. The quantitative estimate of drug-likeness (QED) is 0.779. The molecule has 2 rings (SSSR count). The molecule has 0 aliphatic rings. The first-order valence-electron chi connectivity index (χ1n) is 7.17. The predicted molar refractivity (Wildman–Crippen MR) is 90.9 cm³/mol. The van der Waals surface area contributed by atoms with Crippen molar-refractivity contribution in [2.45, 2.75) is 6.42 Å². The highest BCUT2D eigenvalue weighted by atomic mass is 35.5. The molecule has 0 aliphatic heterocycles. The molecule has 0 saturated carbocycles. The molecule has 0 spiro atoms. The zero-order valence-electron chi connectivity index (χ0n) is 12.9. The minimum Gasteiger partial charge on any atom is -0.465 e. The molecule has 2 N–H and O–H groups in total. The van der Waals surface area contributed by atoms with Crippen molar-refractivity contribution in [3.05, 3.63) is 58.9 Å². The van der Waals surface area contributed by atoms with Gasteiger partial charge in [0, 0.05) is 18.7 Å². The summed E-state index contributed by atoms with van der Waals surface area (Å²) in [7, 11) is 1.30. The van der Waals surface area contributed by atoms with E-state index in [0.29, 0.717) is 28.5 Å². The summed E-state index contributed by atoms with van der Waals surface area (Å²) in [6.45, 7) is 0.317. The van der Waals surface area contributed by atoms with Gasteiger partial charge in [-0.25, -0.2) is 9.18 Å². The molecule has 1 amide bonds. The van der Waals surface area contributed by atoms with Crippen molar-refractivity contribution in [2.75, 3.05) is 24.3 Å². The Morgan fingerprint density at radius 3 is 2.54 bits per heavy atom. The number of methoxy groups -OCH3 is 1. The lowest BCUT2D eigenvalue weighted by molar-refractivity contribution is -0.115. The molecule has 0 aliphatic carbocycles. The molecule has 0 unspecified atom stereocenters. The van der Waals surface area contributed by atoms with Crippen LogP contribution in [0, 0.1) is 5.82 Å². The Kier molecular flexibility index (Phi) is 6.14. The number of ether oxygens (including phenoxy) is 1. The smallest absolute Gasteiger partial charge is 0.337 e. The van der Waals surface area contributed by atoms with Crippen LogP contribution in [-0.4, -0.2) is 25.5 Å². The van der Waals surface area contributed by atoms with E-state index in [1.807, 2.05) is 0 Å². The van der Waals surface area contributed by atoms with Gasteiger partial charge in [0.05, 0.1) is 23.4 Å². The molecule has 126 valence electrons. The SMILES string of the molecule is COC(=O)c1ccc(Cl)c(NCCC(=O)Nc2ccc(F)cc2)c1. The van der Waals surface area contributed by atoms with Crippen molar-refractivity contribution in [1.82, 2.24) is 0 Å². The van der Waals surface area contributed by atoms with E-state index in [1.165, 1.54) is 31.4 Å². The third-order valence-corrected chi connectivity index (χ3v) is 3.51. The van der Waals surface area contributed by atoms with E-state index in [2.05, 4.69) is 15.4 Å². The van der Waals surface area contributed by atoms with E-state index in [-0.39, 0.29) is 18.1 Å². The van der Waals surface area contributed by atoms with Crippen LogP contribution in [0.3, 0.4) is 0 Å². The van der Waals surface area contributed by atoms with Crippen LogP contribution in [-0.2, 0) is 9.53 Å². The second-order valence-corrected chi connectivity index (χ2v) is 5.33. The number of hydrogen-bond acceptors (Lipinski definition) is 4. The first kappa shape index (κ1) is 17.7. The molecule has 0 saturated heterocycles. The Morgan fingerprint density at radius 2 is 1.88 bits per heavy atom. The third kappa shape index (κ3) is 4.96. The van der Waals surface area contributed by atoms with E-state index in [1.54, 1.807) is 18.2 Å². The van der Waals surface area contributed by atoms with Crippen molar-refractivity contribution < 1.29 is 18.7 Å². The maximum atomic E-state index is 12.8. The van der Waals surface area contributed by atoms with Crippen molar-refractivity contribution in [3.8, 4) is 0 Å². The summed E-state index contributed by atoms with van der Waals surface area (Å²) in [4.78, 5) is 23.3. The molecule has 0 atom stereocenters. The van der Waals surface area contributed by atoms with Gasteiger partial charge in [-0.1, -0.05) is 11.6 Å². The fourth-order valence-electron chi connectivity index (χ4n) is 1.97. The Balaban J connectivity index is 1.88. The van der Waals surface area contributed by atoms with Gasteiger partial charge in [-0.2, -0.15) is 0 Å². The number of benzene rings is 2. The summed E-state index contributed by atoms with van der Waals surface area (Å²) in [6.07, 6.45) is 0.177. The molecule has 7 heteroatoms. The molecular formula is C17H16ClFN2O3. The summed E-state index contributed by atoms with van der Waals surface area (Å²) >= 11 is 6.05. The second kappa shape index (κ2) is 8.31. The molecule has 24 heavy (non-hydrogen) atoms. The highest BCUT2D eigenvalue weighted by molar-refractivity contribution is 6.33. The Labute approximate surface area is 143 Å². The van der Waals surface area contributed by atoms with E-state index in [9.17, 15) is 14.0 Å². The van der Waals surface area contributed by atoms with Crippen molar-refractivity contribution in [3.63, 3.8) is 0 Å². The number of carbonyl (C=O) groups excluding carboxylic acids is 2.